The van der Waals surface area contributed by atoms with Gasteiger partial charge in [0.05, 0.1) is 5.56 Å². The van der Waals surface area contributed by atoms with Crippen LogP contribution in [0.2, 0.25) is 5.02 Å². The summed E-state index contributed by atoms with van der Waals surface area (Å²) in [6, 6.07) is 16.7. The number of terminal acetylenes is 1. The van der Waals surface area contributed by atoms with Crippen molar-refractivity contribution < 1.29 is 4.79 Å². The Morgan fingerprint density at radius 3 is 2.65 bits per heavy atom. The Kier molecular flexibility index (Phi) is 6.08. The van der Waals surface area contributed by atoms with Crippen molar-refractivity contribution in [1.82, 2.24) is 15.2 Å². The Bertz CT molecular complexity index is 1280. The van der Waals surface area contributed by atoms with Crippen LogP contribution in [0.5, 0.6) is 0 Å². The fourth-order valence-corrected chi connectivity index (χ4v) is 4.11. The minimum Gasteiger partial charge on any atom is -0.296 e. The second-order valence-corrected chi connectivity index (χ2v) is 8.23. The van der Waals surface area contributed by atoms with Gasteiger partial charge in [0.2, 0.25) is 5.13 Å². The molecule has 0 saturated carbocycles. The van der Waals surface area contributed by atoms with E-state index in [1.165, 1.54) is 11.3 Å². The highest BCUT2D eigenvalue weighted by Gasteiger charge is 2.19. The van der Waals surface area contributed by atoms with E-state index in [1.54, 1.807) is 18.5 Å². The zero-order valence-corrected chi connectivity index (χ0v) is 18.1. The molecule has 0 spiro atoms. The molecule has 1 N–H and O–H groups in total. The van der Waals surface area contributed by atoms with Gasteiger partial charge in [0, 0.05) is 34.5 Å². The molecule has 2 heterocycles. The van der Waals surface area contributed by atoms with Crippen molar-refractivity contribution in [2.45, 2.75) is 12.8 Å². The lowest BCUT2D eigenvalue weighted by Crippen LogP contribution is -2.13. The maximum Gasteiger partial charge on any atom is 0.258 e. The highest BCUT2D eigenvalue weighted by Crippen LogP contribution is 2.31. The largest absolute Gasteiger partial charge is 0.296 e. The zero-order chi connectivity index (χ0) is 21.8. The number of anilines is 1. The average molecular weight is 445 g/mol. The third-order valence-electron chi connectivity index (χ3n) is 4.84. The number of hydrogen-bond donors (Lipinski definition) is 1. The van der Waals surface area contributed by atoms with Gasteiger partial charge in [-0.3, -0.25) is 15.1 Å². The van der Waals surface area contributed by atoms with Gasteiger partial charge < -0.3 is 0 Å². The molecule has 0 aliphatic rings. The Balaban J connectivity index is 1.58. The van der Waals surface area contributed by atoms with Crippen LogP contribution in [0.25, 0.3) is 11.1 Å². The standard InChI is InChI=1S/C24H17ClN4OS/c1-3-16-6-4-5-7-19(16)21-14-26-13-12-20(21)22(30)27-24-29-28-23(31-24)15(2)17-8-10-18(25)11-9-17/h1,4-15H,2H3,(H,27,29,30). The SMILES string of the molecule is C#Cc1ccccc1-c1cnccc1C(=O)Nc1nnc(C(C)c2ccc(Cl)cc2)s1. The summed E-state index contributed by atoms with van der Waals surface area (Å²) in [5, 5.41) is 13.1. The monoisotopic (exact) mass is 444 g/mol. The van der Waals surface area contributed by atoms with Crippen molar-refractivity contribution in [3.05, 3.63) is 93.7 Å². The Morgan fingerprint density at radius 2 is 1.87 bits per heavy atom. The van der Waals surface area contributed by atoms with Gasteiger partial charge in [-0.05, 0) is 35.4 Å². The summed E-state index contributed by atoms with van der Waals surface area (Å²) in [5.74, 6) is 2.38. The number of rotatable bonds is 5. The van der Waals surface area contributed by atoms with Crippen molar-refractivity contribution in [2.24, 2.45) is 0 Å². The van der Waals surface area contributed by atoms with Gasteiger partial charge >= 0.3 is 0 Å². The fourth-order valence-electron chi connectivity index (χ4n) is 3.17. The molecule has 0 bridgehead atoms. The maximum atomic E-state index is 13.0. The fraction of sp³-hybridized carbons (Fsp3) is 0.0833. The van der Waals surface area contributed by atoms with E-state index < -0.39 is 0 Å². The summed E-state index contributed by atoms with van der Waals surface area (Å²) >= 11 is 7.31. The van der Waals surface area contributed by atoms with Crippen LogP contribution in [0, 0.1) is 12.3 Å². The van der Waals surface area contributed by atoms with Gasteiger partial charge in [0.15, 0.2) is 0 Å². The first kappa shape index (κ1) is 20.7. The smallest absolute Gasteiger partial charge is 0.258 e. The minimum atomic E-state index is -0.300. The molecular formula is C24H17ClN4OS. The van der Waals surface area contributed by atoms with Gasteiger partial charge in [0.1, 0.15) is 5.01 Å². The van der Waals surface area contributed by atoms with Crippen molar-refractivity contribution in [1.29, 1.82) is 0 Å². The highest BCUT2D eigenvalue weighted by molar-refractivity contribution is 7.15. The number of nitrogens with zero attached hydrogens (tertiary/aromatic N) is 3. The first-order valence-corrected chi connectivity index (χ1v) is 10.7. The van der Waals surface area contributed by atoms with Gasteiger partial charge in [0.25, 0.3) is 5.91 Å². The summed E-state index contributed by atoms with van der Waals surface area (Å²) in [6.45, 7) is 2.03. The van der Waals surface area contributed by atoms with Crippen molar-refractivity contribution >= 4 is 34.0 Å². The van der Waals surface area contributed by atoms with Crippen LogP contribution in [0.4, 0.5) is 5.13 Å². The summed E-state index contributed by atoms with van der Waals surface area (Å²) in [7, 11) is 0. The van der Waals surface area contributed by atoms with Gasteiger partial charge in [-0.25, -0.2) is 0 Å². The molecule has 0 aliphatic heterocycles. The number of nitrogens with one attached hydrogen (secondary N) is 1. The molecule has 5 nitrogen and oxygen atoms in total. The molecule has 152 valence electrons. The molecule has 2 aromatic heterocycles. The van der Waals surface area contributed by atoms with Gasteiger partial charge in [-0.2, -0.15) is 0 Å². The van der Waals surface area contributed by atoms with Gasteiger partial charge in [-0.15, -0.1) is 16.6 Å². The predicted molar refractivity (Wildman–Crippen MR) is 124 cm³/mol. The molecule has 7 heteroatoms. The third kappa shape index (κ3) is 4.48. The van der Waals surface area contributed by atoms with Crippen LogP contribution >= 0.6 is 22.9 Å². The van der Waals surface area contributed by atoms with Crippen molar-refractivity contribution in [3.8, 4) is 23.5 Å². The van der Waals surface area contributed by atoms with E-state index in [-0.39, 0.29) is 11.8 Å². The lowest BCUT2D eigenvalue weighted by Gasteiger charge is -2.10. The Hall–Kier alpha value is -3.53. The number of carbonyl (C=O) groups excluding carboxylic acids is 1. The normalized spacial score (nSPS) is 11.5. The van der Waals surface area contributed by atoms with E-state index in [0.29, 0.717) is 26.8 Å². The number of aromatic nitrogens is 3. The summed E-state index contributed by atoms with van der Waals surface area (Å²) in [6.07, 6.45) is 8.84. The number of pyridine rings is 1. The molecule has 0 fully saturated rings. The maximum absolute atomic E-state index is 13.0. The Labute approximate surface area is 189 Å². The molecular weight excluding hydrogens is 428 g/mol. The molecule has 4 rings (SSSR count). The van der Waals surface area contributed by atoms with Crippen LogP contribution in [0.15, 0.2) is 67.0 Å². The summed E-state index contributed by atoms with van der Waals surface area (Å²) in [4.78, 5) is 17.2. The molecule has 1 amide bonds. The van der Waals surface area contributed by atoms with Gasteiger partial charge in [-0.1, -0.05) is 66.1 Å². The number of halogens is 1. The molecule has 0 aliphatic carbocycles. The average Bonchev–Trinajstić information content (AvgIpc) is 3.27. The van der Waals surface area contributed by atoms with E-state index in [0.717, 1.165) is 16.1 Å². The minimum absolute atomic E-state index is 0.0272. The number of benzene rings is 2. The topological polar surface area (TPSA) is 67.8 Å². The third-order valence-corrected chi connectivity index (χ3v) is 6.11. The summed E-state index contributed by atoms with van der Waals surface area (Å²) < 4.78 is 0. The number of carbonyl (C=O) groups is 1. The van der Waals surface area contributed by atoms with Crippen LogP contribution in [0.3, 0.4) is 0 Å². The van der Waals surface area contributed by atoms with E-state index in [9.17, 15) is 4.79 Å². The molecule has 2 aromatic carbocycles. The first-order valence-electron chi connectivity index (χ1n) is 9.47. The van der Waals surface area contributed by atoms with Crippen LogP contribution < -0.4 is 5.32 Å². The first-order chi connectivity index (χ1) is 15.1. The van der Waals surface area contributed by atoms with E-state index in [2.05, 4.69) is 26.4 Å². The molecule has 4 aromatic rings. The number of amides is 1. The summed E-state index contributed by atoms with van der Waals surface area (Å²) in [5.41, 5.74) is 3.66. The predicted octanol–water partition coefficient (Wildman–Crippen LogP) is 5.64. The van der Waals surface area contributed by atoms with Crippen LogP contribution in [-0.2, 0) is 0 Å². The van der Waals surface area contributed by atoms with E-state index >= 15 is 0 Å². The second kappa shape index (κ2) is 9.09. The molecule has 0 saturated heterocycles. The zero-order valence-electron chi connectivity index (χ0n) is 16.5. The lowest BCUT2D eigenvalue weighted by molar-refractivity contribution is 0.102. The van der Waals surface area contributed by atoms with Crippen molar-refractivity contribution in [3.63, 3.8) is 0 Å². The van der Waals surface area contributed by atoms with Crippen LogP contribution in [-0.4, -0.2) is 21.1 Å². The molecule has 0 radical (unpaired) electrons. The number of hydrogen-bond acceptors (Lipinski definition) is 5. The molecule has 31 heavy (non-hydrogen) atoms. The van der Waals surface area contributed by atoms with Crippen LogP contribution in [0.1, 0.15) is 39.3 Å². The lowest BCUT2D eigenvalue weighted by atomic mass is 9.97. The second-order valence-electron chi connectivity index (χ2n) is 6.78. The van der Waals surface area contributed by atoms with E-state index in [1.807, 2.05) is 55.5 Å². The van der Waals surface area contributed by atoms with E-state index in [4.69, 9.17) is 18.0 Å². The highest BCUT2D eigenvalue weighted by atomic mass is 35.5. The molecule has 1 unspecified atom stereocenters. The quantitative estimate of drug-likeness (QED) is 0.404. The Morgan fingerprint density at radius 1 is 1.10 bits per heavy atom. The molecule has 1 atom stereocenters. The van der Waals surface area contributed by atoms with Crippen molar-refractivity contribution in [2.75, 3.05) is 5.32 Å².